The van der Waals surface area contributed by atoms with Gasteiger partial charge in [-0.05, 0) is 52.4 Å². The van der Waals surface area contributed by atoms with Crippen molar-refractivity contribution in [1.29, 1.82) is 0 Å². The van der Waals surface area contributed by atoms with Gasteiger partial charge in [-0.15, -0.1) is 0 Å². The molecule has 0 unspecified atom stereocenters. The summed E-state index contributed by atoms with van der Waals surface area (Å²) in [6.45, 7) is 4.42. The maximum atomic E-state index is 11.7. The lowest BCUT2D eigenvalue weighted by molar-refractivity contribution is -0.138. The zero-order valence-electron chi connectivity index (χ0n) is 12.1. The Kier molecular flexibility index (Phi) is 7.22. The molecule has 1 amide bonds. The molecule has 116 valence electrons. The number of hydrogen-bond acceptors (Lipinski definition) is 3. The molecule has 5 nitrogen and oxygen atoms in total. The van der Waals surface area contributed by atoms with Gasteiger partial charge in [0.1, 0.15) is 5.76 Å². The first kappa shape index (κ1) is 17.5. The highest BCUT2D eigenvalue weighted by Crippen LogP contribution is 2.16. The first-order chi connectivity index (χ1) is 9.86. The summed E-state index contributed by atoms with van der Waals surface area (Å²) >= 11 is 3.18. The molecule has 0 radical (unpaired) electrons. The van der Waals surface area contributed by atoms with Crippen molar-refractivity contribution in [3.8, 4) is 0 Å². The van der Waals surface area contributed by atoms with Crippen molar-refractivity contribution in [2.24, 2.45) is 11.8 Å². The fraction of sp³-hybridized carbons (Fsp3) is 0.467. The highest BCUT2D eigenvalue weighted by atomic mass is 79.9. The number of nitrogens with one attached hydrogen (secondary N) is 1. The van der Waals surface area contributed by atoms with Crippen LogP contribution >= 0.6 is 15.9 Å². The number of hydrogen-bond donors (Lipinski definition) is 2. The molecule has 0 aliphatic heterocycles. The van der Waals surface area contributed by atoms with Crippen LogP contribution in [0.4, 0.5) is 0 Å². The molecule has 0 fully saturated rings. The summed E-state index contributed by atoms with van der Waals surface area (Å²) in [7, 11) is 0. The molecule has 1 rings (SSSR count). The van der Waals surface area contributed by atoms with E-state index in [9.17, 15) is 9.59 Å². The fourth-order valence-electron chi connectivity index (χ4n) is 2.03. The fourth-order valence-corrected chi connectivity index (χ4v) is 2.35. The van der Waals surface area contributed by atoms with Crippen LogP contribution in [0.5, 0.6) is 0 Å². The highest BCUT2D eigenvalue weighted by Gasteiger charge is 2.15. The Morgan fingerprint density at radius 2 is 2.14 bits per heavy atom. The SMILES string of the molecule is CC(C)C[C@H](CNC(=O)C=Cc1ccc(Br)o1)CC(=O)O. The van der Waals surface area contributed by atoms with E-state index in [1.54, 1.807) is 18.2 Å². The number of carbonyl (C=O) groups is 2. The van der Waals surface area contributed by atoms with Crippen LogP contribution in [0.15, 0.2) is 27.3 Å². The monoisotopic (exact) mass is 357 g/mol. The van der Waals surface area contributed by atoms with E-state index in [4.69, 9.17) is 9.52 Å². The normalized spacial score (nSPS) is 12.8. The van der Waals surface area contributed by atoms with Gasteiger partial charge in [-0.1, -0.05) is 13.8 Å². The van der Waals surface area contributed by atoms with Crippen molar-refractivity contribution < 1.29 is 19.1 Å². The Hall–Kier alpha value is -1.56. The van der Waals surface area contributed by atoms with Gasteiger partial charge in [-0.3, -0.25) is 9.59 Å². The molecule has 0 saturated heterocycles. The van der Waals surface area contributed by atoms with E-state index in [-0.39, 0.29) is 18.2 Å². The predicted molar refractivity (Wildman–Crippen MR) is 83.6 cm³/mol. The third-order valence-electron chi connectivity index (χ3n) is 2.83. The molecule has 21 heavy (non-hydrogen) atoms. The van der Waals surface area contributed by atoms with E-state index in [1.165, 1.54) is 6.08 Å². The van der Waals surface area contributed by atoms with Crippen LogP contribution in [-0.4, -0.2) is 23.5 Å². The Bertz CT molecular complexity index is 508. The standard InChI is InChI=1S/C15H20BrNO4/c1-10(2)7-11(8-15(19)20)9-17-14(18)6-4-12-3-5-13(16)21-12/h3-6,10-11H,7-9H2,1-2H3,(H,17,18)(H,19,20)/t11-/m0/s1. The summed E-state index contributed by atoms with van der Waals surface area (Å²) in [6, 6.07) is 3.48. The second-order valence-corrected chi connectivity index (χ2v) is 6.10. The first-order valence-corrected chi connectivity index (χ1v) is 7.59. The van der Waals surface area contributed by atoms with E-state index in [1.807, 2.05) is 13.8 Å². The lowest BCUT2D eigenvalue weighted by atomic mass is 9.94. The third kappa shape index (κ3) is 7.70. The summed E-state index contributed by atoms with van der Waals surface area (Å²) in [6.07, 6.45) is 3.77. The number of halogens is 1. The summed E-state index contributed by atoms with van der Waals surface area (Å²) in [4.78, 5) is 22.5. The van der Waals surface area contributed by atoms with Crippen LogP contribution in [0.25, 0.3) is 6.08 Å². The molecule has 0 aliphatic carbocycles. The van der Waals surface area contributed by atoms with E-state index < -0.39 is 5.97 Å². The average molecular weight is 358 g/mol. The number of furan rings is 1. The van der Waals surface area contributed by atoms with Crippen molar-refractivity contribution in [3.63, 3.8) is 0 Å². The minimum absolute atomic E-state index is 0.0578. The van der Waals surface area contributed by atoms with Gasteiger partial charge in [-0.2, -0.15) is 0 Å². The van der Waals surface area contributed by atoms with Crippen LogP contribution in [-0.2, 0) is 9.59 Å². The zero-order valence-corrected chi connectivity index (χ0v) is 13.7. The van der Waals surface area contributed by atoms with Gasteiger partial charge in [0.15, 0.2) is 4.67 Å². The number of carboxylic acid groups (broad SMARTS) is 1. The number of aliphatic carboxylic acids is 1. The second-order valence-electron chi connectivity index (χ2n) is 5.31. The average Bonchev–Trinajstić information content (AvgIpc) is 2.78. The van der Waals surface area contributed by atoms with E-state index in [2.05, 4.69) is 21.2 Å². The van der Waals surface area contributed by atoms with Crippen LogP contribution in [0.1, 0.15) is 32.4 Å². The summed E-state index contributed by atoms with van der Waals surface area (Å²) in [5.74, 6) is -0.200. The molecule has 1 heterocycles. The maximum Gasteiger partial charge on any atom is 0.303 e. The predicted octanol–water partition coefficient (Wildman–Crippen LogP) is 3.31. The van der Waals surface area contributed by atoms with Gasteiger partial charge < -0.3 is 14.8 Å². The molecule has 2 N–H and O–H groups in total. The van der Waals surface area contributed by atoms with Crippen molar-refractivity contribution in [3.05, 3.63) is 28.6 Å². The quantitative estimate of drug-likeness (QED) is 0.699. The molecule has 0 aromatic carbocycles. The molecule has 0 spiro atoms. The molecular formula is C15H20BrNO4. The van der Waals surface area contributed by atoms with Gasteiger partial charge in [0.2, 0.25) is 5.91 Å². The lowest BCUT2D eigenvalue weighted by Crippen LogP contribution is -2.29. The molecule has 0 saturated carbocycles. The van der Waals surface area contributed by atoms with Crippen LogP contribution in [0.2, 0.25) is 0 Å². The molecule has 1 atom stereocenters. The van der Waals surface area contributed by atoms with Crippen LogP contribution < -0.4 is 5.32 Å². The molecule has 6 heteroatoms. The zero-order chi connectivity index (χ0) is 15.8. The number of amides is 1. The molecule has 0 aliphatic rings. The smallest absolute Gasteiger partial charge is 0.303 e. The number of carbonyl (C=O) groups excluding carboxylic acids is 1. The molecular weight excluding hydrogens is 338 g/mol. The number of rotatable bonds is 8. The Labute approximate surface area is 132 Å². The minimum Gasteiger partial charge on any atom is -0.481 e. The summed E-state index contributed by atoms with van der Waals surface area (Å²) in [5, 5.41) is 11.6. The Balaban J connectivity index is 2.45. The summed E-state index contributed by atoms with van der Waals surface area (Å²) in [5.41, 5.74) is 0. The molecule has 0 bridgehead atoms. The summed E-state index contributed by atoms with van der Waals surface area (Å²) < 4.78 is 5.84. The van der Waals surface area contributed by atoms with Gasteiger partial charge in [0, 0.05) is 19.0 Å². The van der Waals surface area contributed by atoms with Gasteiger partial charge in [0.25, 0.3) is 0 Å². The maximum absolute atomic E-state index is 11.7. The van der Waals surface area contributed by atoms with Gasteiger partial charge in [-0.25, -0.2) is 0 Å². The number of carboxylic acids is 1. The van der Waals surface area contributed by atoms with Crippen molar-refractivity contribution in [2.45, 2.75) is 26.7 Å². The van der Waals surface area contributed by atoms with Gasteiger partial charge >= 0.3 is 5.97 Å². The van der Waals surface area contributed by atoms with Gasteiger partial charge in [0.05, 0.1) is 0 Å². The topological polar surface area (TPSA) is 79.5 Å². The minimum atomic E-state index is -0.842. The van der Waals surface area contributed by atoms with E-state index in [0.29, 0.717) is 22.9 Å². The van der Waals surface area contributed by atoms with Crippen molar-refractivity contribution in [1.82, 2.24) is 5.32 Å². The first-order valence-electron chi connectivity index (χ1n) is 6.80. The third-order valence-corrected chi connectivity index (χ3v) is 3.25. The largest absolute Gasteiger partial charge is 0.481 e. The lowest BCUT2D eigenvalue weighted by Gasteiger charge is -2.17. The second kappa shape index (κ2) is 8.67. The van der Waals surface area contributed by atoms with Crippen LogP contribution in [0.3, 0.4) is 0 Å². The van der Waals surface area contributed by atoms with Crippen molar-refractivity contribution in [2.75, 3.05) is 6.54 Å². The Morgan fingerprint density at radius 1 is 1.43 bits per heavy atom. The van der Waals surface area contributed by atoms with E-state index >= 15 is 0 Å². The Morgan fingerprint density at radius 3 is 2.67 bits per heavy atom. The molecule has 1 aromatic heterocycles. The molecule has 1 aromatic rings. The van der Waals surface area contributed by atoms with Crippen LogP contribution in [0, 0.1) is 11.8 Å². The van der Waals surface area contributed by atoms with Crippen molar-refractivity contribution >= 4 is 33.9 Å². The highest BCUT2D eigenvalue weighted by molar-refractivity contribution is 9.10. The van der Waals surface area contributed by atoms with E-state index in [0.717, 1.165) is 6.42 Å².